The van der Waals surface area contributed by atoms with Crippen LogP contribution in [0.2, 0.25) is 0 Å². The fraction of sp³-hybridized carbons (Fsp3) is 0.286. The Balaban J connectivity index is 2.24. The maximum Gasteiger partial charge on any atom is 0.148 e. The molecule has 0 unspecified atom stereocenters. The van der Waals surface area contributed by atoms with E-state index in [1.54, 1.807) is 7.11 Å². The van der Waals surface area contributed by atoms with Gasteiger partial charge in [0.2, 0.25) is 0 Å². The van der Waals surface area contributed by atoms with Crippen molar-refractivity contribution in [3.05, 3.63) is 34.8 Å². The number of hydrogen-bond acceptors (Lipinski definition) is 4. The zero-order valence-corrected chi connectivity index (χ0v) is 12.7. The molecule has 0 atom stereocenters. The van der Waals surface area contributed by atoms with Crippen LogP contribution in [0, 0.1) is 0 Å². The molecule has 0 aliphatic carbocycles. The van der Waals surface area contributed by atoms with Crippen LogP contribution in [0.4, 0.5) is 5.82 Å². The number of hydrogen-bond donors (Lipinski definition) is 1. The van der Waals surface area contributed by atoms with E-state index in [1.807, 2.05) is 30.3 Å². The number of aromatic nitrogens is 2. The number of benzene rings is 1. The molecule has 2 rings (SSSR count). The molecular weight excluding hydrogens is 306 g/mol. The number of ether oxygens (including phenoxy) is 1. The molecule has 1 N–H and O–H groups in total. The Morgan fingerprint density at radius 1 is 1.16 bits per heavy atom. The summed E-state index contributed by atoms with van der Waals surface area (Å²) in [5.74, 6) is 1.58. The lowest BCUT2D eigenvalue weighted by Crippen LogP contribution is -2.11. The second kappa shape index (κ2) is 6.02. The maximum atomic E-state index is 5.21. The van der Waals surface area contributed by atoms with E-state index in [0.717, 1.165) is 27.3 Å². The van der Waals surface area contributed by atoms with Crippen LogP contribution in [-0.2, 0) is 0 Å². The first-order valence-electron chi connectivity index (χ1n) is 6.04. The zero-order valence-electron chi connectivity index (χ0n) is 11.1. The zero-order chi connectivity index (χ0) is 13.8. The molecule has 1 aromatic carbocycles. The van der Waals surface area contributed by atoms with Crippen LogP contribution in [0.1, 0.15) is 13.8 Å². The second-order valence-corrected chi connectivity index (χ2v) is 5.31. The van der Waals surface area contributed by atoms with E-state index in [9.17, 15) is 0 Å². The average molecular weight is 322 g/mol. The molecule has 0 spiro atoms. The number of rotatable bonds is 4. The van der Waals surface area contributed by atoms with Crippen molar-refractivity contribution in [1.82, 2.24) is 10.2 Å². The van der Waals surface area contributed by atoms with Crippen molar-refractivity contribution >= 4 is 21.7 Å². The average Bonchev–Trinajstić information content (AvgIpc) is 2.39. The number of methoxy groups -OCH3 is 1. The van der Waals surface area contributed by atoms with Crippen molar-refractivity contribution in [2.45, 2.75) is 19.9 Å². The van der Waals surface area contributed by atoms with Gasteiger partial charge in [-0.15, -0.1) is 10.2 Å². The molecule has 0 radical (unpaired) electrons. The van der Waals surface area contributed by atoms with Gasteiger partial charge in [0.05, 0.1) is 17.3 Å². The molecular formula is C14H16BrN3O. The van der Waals surface area contributed by atoms with Gasteiger partial charge in [-0.1, -0.05) is 0 Å². The maximum absolute atomic E-state index is 5.21. The summed E-state index contributed by atoms with van der Waals surface area (Å²) >= 11 is 3.47. The van der Waals surface area contributed by atoms with Crippen molar-refractivity contribution in [1.29, 1.82) is 0 Å². The molecule has 2 aromatic rings. The van der Waals surface area contributed by atoms with E-state index >= 15 is 0 Å². The summed E-state index contributed by atoms with van der Waals surface area (Å²) in [7, 11) is 1.64. The summed E-state index contributed by atoms with van der Waals surface area (Å²) in [6.07, 6.45) is 0. The minimum absolute atomic E-state index is 0.343. The fourth-order valence-corrected chi connectivity index (χ4v) is 2.23. The largest absolute Gasteiger partial charge is 0.496 e. The SMILES string of the molecule is COc1ccc(-c2ccc(NC(C)C)nn2)cc1Br. The minimum Gasteiger partial charge on any atom is -0.496 e. The first kappa shape index (κ1) is 13.8. The third kappa shape index (κ3) is 3.44. The highest BCUT2D eigenvalue weighted by molar-refractivity contribution is 9.10. The summed E-state index contributed by atoms with van der Waals surface area (Å²) in [4.78, 5) is 0. The van der Waals surface area contributed by atoms with Crippen molar-refractivity contribution in [3.63, 3.8) is 0 Å². The molecule has 1 aromatic heterocycles. The predicted octanol–water partition coefficient (Wildman–Crippen LogP) is 3.74. The van der Waals surface area contributed by atoms with Crippen LogP contribution in [0.3, 0.4) is 0 Å². The van der Waals surface area contributed by atoms with Gasteiger partial charge in [0.25, 0.3) is 0 Å². The summed E-state index contributed by atoms with van der Waals surface area (Å²) in [5, 5.41) is 11.6. The number of nitrogens with one attached hydrogen (secondary N) is 1. The van der Waals surface area contributed by atoms with E-state index in [4.69, 9.17) is 4.74 Å². The van der Waals surface area contributed by atoms with Gasteiger partial charge in [0.15, 0.2) is 0 Å². The molecule has 0 aliphatic heterocycles. The molecule has 5 heteroatoms. The van der Waals surface area contributed by atoms with Gasteiger partial charge in [-0.2, -0.15) is 0 Å². The van der Waals surface area contributed by atoms with E-state index in [1.165, 1.54) is 0 Å². The molecule has 0 bridgehead atoms. The molecule has 100 valence electrons. The Labute approximate surface area is 121 Å². The summed E-state index contributed by atoms with van der Waals surface area (Å²) < 4.78 is 6.11. The first-order chi connectivity index (χ1) is 9.10. The van der Waals surface area contributed by atoms with Crippen LogP contribution in [0.25, 0.3) is 11.3 Å². The second-order valence-electron chi connectivity index (χ2n) is 4.45. The quantitative estimate of drug-likeness (QED) is 0.932. The van der Waals surface area contributed by atoms with Gasteiger partial charge in [-0.05, 0) is 60.1 Å². The van der Waals surface area contributed by atoms with E-state index in [0.29, 0.717) is 6.04 Å². The van der Waals surface area contributed by atoms with Crippen LogP contribution in [0.15, 0.2) is 34.8 Å². The highest BCUT2D eigenvalue weighted by atomic mass is 79.9. The Bertz CT molecular complexity index is 555. The molecule has 4 nitrogen and oxygen atoms in total. The van der Waals surface area contributed by atoms with Gasteiger partial charge < -0.3 is 10.1 Å². The molecule has 0 saturated carbocycles. The highest BCUT2D eigenvalue weighted by Gasteiger charge is 2.05. The van der Waals surface area contributed by atoms with Crippen molar-refractivity contribution in [2.75, 3.05) is 12.4 Å². The van der Waals surface area contributed by atoms with Crippen molar-refractivity contribution in [2.24, 2.45) is 0 Å². The normalized spacial score (nSPS) is 10.6. The predicted molar refractivity (Wildman–Crippen MR) is 80.5 cm³/mol. The molecule has 0 amide bonds. The van der Waals surface area contributed by atoms with Gasteiger partial charge in [0, 0.05) is 11.6 Å². The smallest absolute Gasteiger partial charge is 0.148 e. The van der Waals surface area contributed by atoms with Gasteiger partial charge in [-0.3, -0.25) is 0 Å². The lowest BCUT2D eigenvalue weighted by atomic mass is 10.1. The lowest BCUT2D eigenvalue weighted by Gasteiger charge is -2.09. The summed E-state index contributed by atoms with van der Waals surface area (Å²) in [6.45, 7) is 4.13. The number of nitrogens with zero attached hydrogens (tertiary/aromatic N) is 2. The molecule has 1 heterocycles. The number of halogens is 1. The standard InChI is InChI=1S/C14H16BrN3O/c1-9(2)16-14-7-5-12(17-18-14)10-4-6-13(19-3)11(15)8-10/h4-9H,1-3H3,(H,16,18). The molecule has 0 aliphatic rings. The van der Waals surface area contributed by atoms with Crippen molar-refractivity contribution < 1.29 is 4.74 Å². The Morgan fingerprint density at radius 3 is 2.47 bits per heavy atom. The van der Waals surface area contributed by atoms with Crippen LogP contribution in [-0.4, -0.2) is 23.3 Å². The first-order valence-corrected chi connectivity index (χ1v) is 6.83. The Morgan fingerprint density at radius 2 is 1.95 bits per heavy atom. The van der Waals surface area contributed by atoms with Crippen molar-refractivity contribution in [3.8, 4) is 17.0 Å². The van der Waals surface area contributed by atoms with Gasteiger partial charge in [-0.25, -0.2) is 0 Å². The number of anilines is 1. The van der Waals surface area contributed by atoms with E-state index in [2.05, 4.69) is 45.3 Å². The van der Waals surface area contributed by atoms with Gasteiger partial charge in [0.1, 0.15) is 11.6 Å². The summed E-state index contributed by atoms with van der Waals surface area (Å²) in [5.41, 5.74) is 1.83. The van der Waals surface area contributed by atoms with E-state index in [-0.39, 0.29) is 0 Å². The lowest BCUT2D eigenvalue weighted by molar-refractivity contribution is 0.412. The van der Waals surface area contributed by atoms with Crippen LogP contribution < -0.4 is 10.1 Å². The van der Waals surface area contributed by atoms with Crippen LogP contribution in [0.5, 0.6) is 5.75 Å². The third-order valence-corrected chi connectivity index (χ3v) is 3.17. The van der Waals surface area contributed by atoms with Crippen LogP contribution >= 0.6 is 15.9 Å². The molecule has 19 heavy (non-hydrogen) atoms. The summed E-state index contributed by atoms with van der Waals surface area (Å²) in [6, 6.07) is 10.1. The fourth-order valence-electron chi connectivity index (χ4n) is 1.68. The van der Waals surface area contributed by atoms with Gasteiger partial charge >= 0.3 is 0 Å². The monoisotopic (exact) mass is 321 g/mol. The minimum atomic E-state index is 0.343. The Hall–Kier alpha value is -1.62. The Kier molecular flexibility index (Phi) is 4.37. The third-order valence-electron chi connectivity index (χ3n) is 2.55. The highest BCUT2D eigenvalue weighted by Crippen LogP contribution is 2.29. The van der Waals surface area contributed by atoms with E-state index < -0.39 is 0 Å². The molecule has 0 saturated heterocycles. The topological polar surface area (TPSA) is 47.0 Å². The molecule has 0 fully saturated rings.